The largest absolute Gasteiger partial charge is 0.388 e. The number of hydrogen-bond donors (Lipinski definition) is 1. The minimum Gasteiger partial charge on any atom is -0.388 e. The van der Waals surface area contributed by atoms with Crippen molar-refractivity contribution in [2.45, 2.75) is 51.3 Å². The van der Waals surface area contributed by atoms with Crippen LogP contribution in [0.5, 0.6) is 0 Å². The summed E-state index contributed by atoms with van der Waals surface area (Å²) in [5, 5.41) is 19.8. The standard InChI is InChI=1S/C25H29N7O3/c1-18-4-6-20(7-5-18)23-26-15-21-24(34)30(17-28-32(21)23)16-25(35)8-12-29(13-9-25)22(33)14-19(2)31-11-3-10-27-31/h3-7,10-11,15,17,19,35H,8-9,12-14,16H2,1-2H3/t19-/m1/s1. The Morgan fingerprint density at radius 2 is 1.91 bits per heavy atom. The third kappa shape index (κ3) is 4.61. The van der Waals surface area contributed by atoms with Gasteiger partial charge in [0.05, 0.1) is 24.4 Å². The van der Waals surface area contributed by atoms with Crippen LogP contribution in [0.3, 0.4) is 0 Å². The number of aromatic nitrogens is 6. The molecule has 10 nitrogen and oxygen atoms in total. The zero-order valence-electron chi connectivity index (χ0n) is 19.9. The van der Waals surface area contributed by atoms with Gasteiger partial charge in [0.15, 0.2) is 11.3 Å². The molecule has 1 N–H and O–H groups in total. The Bertz CT molecular complexity index is 1380. The van der Waals surface area contributed by atoms with E-state index in [1.807, 2.05) is 50.4 Å². The molecule has 10 heteroatoms. The number of imidazole rings is 1. The van der Waals surface area contributed by atoms with Crippen LogP contribution in [0.15, 0.2) is 60.0 Å². The van der Waals surface area contributed by atoms with E-state index in [9.17, 15) is 14.7 Å². The molecule has 182 valence electrons. The number of nitrogens with zero attached hydrogens (tertiary/aromatic N) is 7. The highest BCUT2D eigenvalue weighted by Gasteiger charge is 2.35. The lowest BCUT2D eigenvalue weighted by Gasteiger charge is -2.38. The lowest BCUT2D eigenvalue weighted by Crippen LogP contribution is -2.50. The van der Waals surface area contributed by atoms with E-state index in [4.69, 9.17) is 0 Å². The minimum atomic E-state index is -1.09. The fourth-order valence-corrected chi connectivity index (χ4v) is 4.60. The molecular formula is C25H29N7O3. The molecule has 1 saturated heterocycles. The summed E-state index contributed by atoms with van der Waals surface area (Å²) in [4.78, 5) is 32.1. The van der Waals surface area contributed by atoms with Crippen LogP contribution in [0.25, 0.3) is 16.9 Å². The van der Waals surface area contributed by atoms with Gasteiger partial charge >= 0.3 is 0 Å². The summed E-state index contributed by atoms with van der Waals surface area (Å²) < 4.78 is 4.75. The number of aliphatic hydroxyl groups is 1. The first-order valence-electron chi connectivity index (χ1n) is 11.8. The molecule has 1 amide bonds. The Morgan fingerprint density at radius 1 is 1.17 bits per heavy atom. The first-order chi connectivity index (χ1) is 16.8. The molecular weight excluding hydrogens is 446 g/mol. The molecule has 35 heavy (non-hydrogen) atoms. The van der Waals surface area contributed by atoms with E-state index in [2.05, 4.69) is 15.2 Å². The molecule has 1 aromatic carbocycles. The van der Waals surface area contributed by atoms with Crippen LogP contribution in [-0.4, -0.2) is 63.5 Å². The fraction of sp³-hybridized carbons (Fsp3) is 0.400. The second kappa shape index (κ2) is 9.10. The Kier molecular flexibility index (Phi) is 5.98. The zero-order valence-corrected chi connectivity index (χ0v) is 19.9. The molecule has 4 heterocycles. The van der Waals surface area contributed by atoms with Gasteiger partial charge < -0.3 is 10.0 Å². The first kappa shape index (κ1) is 23.0. The normalized spacial score (nSPS) is 16.5. The molecule has 3 aromatic heterocycles. The highest BCUT2D eigenvalue weighted by atomic mass is 16.3. The van der Waals surface area contributed by atoms with Crippen molar-refractivity contribution in [1.82, 2.24) is 33.8 Å². The van der Waals surface area contributed by atoms with Crippen LogP contribution in [-0.2, 0) is 11.3 Å². The van der Waals surface area contributed by atoms with E-state index >= 15 is 0 Å². The van der Waals surface area contributed by atoms with Gasteiger partial charge in [0.1, 0.15) is 6.33 Å². The Morgan fingerprint density at radius 3 is 2.60 bits per heavy atom. The van der Waals surface area contributed by atoms with Crippen molar-refractivity contribution in [1.29, 1.82) is 0 Å². The van der Waals surface area contributed by atoms with Crippen molar-refractivity contribution in [3.05, 3.63) is 71.2 Å². The van der Waals surface area contributed by atoms with Crippen LogP contribution in [0.1, 0.15) is 37.8 Å². The fourth-order valence-electron chi connectivity index (χ4n) is 4.60. The summed E-state index contributed by atoms with van der Waals surface area (Å²) in [5.74, 6) is 0.636. The predicted molar refractivity (Wildman–Crippen MR) is 130 cm³/mol. The number of rotatable bonds is 6. The third-order valence-corrected chi connectivity index (χ3v) is 6.79. The zero-order chi connectivity index (χ0) is 24.6. The number of likely N-dealkylation sites (tertiary alicyclic amines) is 1. The van der Waals surface area contributed by atoms with Crippen molar-refractivity contribution in [3.63, 3.8) is 0 Å². The highest BCUT2D eigenvalue weighted by molar-refractivity contribution is 5.76. The van der Waals surface area contributed by atoms with Crippen molar-refractivity contribution in [3.8, 4) is 11.4 Å². The lowest BCUT2D eigenvalue weighted by atomic mass is 9.91. The van der Waals surface area contributed by atoms with E-state index in [-0.39, 0.29) is 24.1 Å². The number of carbonyl (C=O) groups excluding carboxylic acids is 1. The molecule has 1 fully saturated rings. The monoisotopic (exact) mass is 475 g/mol. The van der Waals surface area contributed by atoms with E-state index in [0.717, 1.165) is 11.1 Å². The summed E-state index contributed by atoms with van der Waals surface area (Å²) in [6.45, 7) is 4.97. The first-order valence-corrected chi connectivity index (χ1v) is 11.8. The van der Waals surface area contributed by atoms with Gasteiger partial charge in [-0.05, 0) is 32.8 Å². The quantitative estimate of drug-likeness (QED) is 0.457. The number of carbonyl (C=O) groups is 1. The molecule has 0 unspecified atom stereocenters. The molecule has 0 radical (unpaired) electrons. The van der Waals surface area contributed by atoms with Crippen molar-refractivity contribution < 1.29 is 9.90 Å². The van der Waals surface area contributed by atoms with Gasteiger partial charge in [0, 0.05) is 37.5 Å². The molecule has 0 aliphatic carbocycles. The molecule has 5 rings (SSSR count). The van der Waals surface area contributed by atoms with Crippen molar-refractivity contribution in [2.24, 2.45) is 0 Å². The van der Waals surface area contributed by atoms with E-state index in [1.165, 1.54) is 21.6 Å². The van der Waals surface area contributed by atoms with Gasteiger partial charge in [-0.3, -0.25) is 18.8 Å². The summed E-state index contributed by atoms with van der Waals surface area (Å²) in [7, 11) is 0. The predicted octanol–water partition coefficient (Wildman–Crippen LogP) is 2.07. The Hall–Kier alpha value is -3.79. The highest BCUT2D eigenvalue weighted by Crippen LogP contribution is 2.25. The van der Waals surface area contributed by atoms with Crippen LogP contribution < -0.4 is 5.56 Å². The van der Waals surface area contributed by atoms with Gasteiger partial charge in [-0.1, -0.05) is 29.8 Å². The number of fused-ring (bicyclic) bond motifs is 1. The summed E-state index contributed by atoms with van der Waals surface area (Å²) in [5.41, 5.74) is 1.02. The van der Waals surface area contributed by atoms with E-state index < -0.39 is 5.60 Å². The number of benzene rings is 1. The summed E-state index contributed by atoms with van der Waals surface area (Å²) >= 11 is 0. The summed E-state index contributed by atoms with van der Waals surface area (Å²) in [6, 6.07) is 9.68. The second-order valence-electron chi connectivity index (χ2n) is 9.45. The lowest BCUT2D eigenvalue weighted by molar-refractivity contribution is -0.136. The van der Waals surface area contributed by atoms with E-state index in [0.29, 0.717) is 43.7 Å². The van der Waals surface area contributed by atoms with Crippen LogP contribution >= 0.6 is 0 Å². The smallest absolute Gasteiger partial charge is 0.279 e. The Labute approximate surface area is 202 Å². The molecule has 1 aliphatic rings. The second-order valence-corrected chi connectivity index (χ2v) is 9.45. The summed E-state index contributed by atoms with van der Waals surface area (Å²) in [6.07, 6.45) is 7.65. The molecule has 0 bridgehead atoms. The maximum Gasteiger partial charge on any atom is 0.279 e. The van der Waals surface area contributed by atoms with Gasteiger partial charge in [-0.25, -0.2) is 9.50 Å². The van der Waals surface area contributed by atoms with Crippen LogP contribution in [0, 0.1) is 6.92 Å². The Balaban J connectivity index is 1.26. The number of hydrogen-bond acceptors (Lipinski definition) is 6. The number of amides is 1. The number of aryl methyl sites for hydroxylation is 1. The van der Waals surface area contributed by atoms with Gasteiger partial charge in [-0.15, -0.1) is 0 Å². The maximum absolute atomic E-state index is 13.1. The van der Waals surface area contributed by atoms with Crippen LogP contribution in [0.2, 0.25) is 0 Å². The van der Waals surface area contributed by atoms with E-state index in [1.54, 1.807) is 15.8 Å². The topological polar surface area (TPSA) is 111 Å². The van der Waals surface area contributed by atoms with Gasteiger partial charge in [0.2, 0.25) is 5.91 Å². The molecule has 1 aliphatic heterocycles. The average Bonchev–Trinajstić information content (AvgIpc) is 3.53. The maximum atomic E-state index is 13.1. The molecule has 1 atom stereocenters. The van der Waals surface area contributed by atoms with Gasteiger partial charge in [-0.2, -0.15) is 10.2 Å². The average molecular weight is 476 g/mol. The van der Waals surface area contributed by atoms with Crippen molar-refractivity contribution >= 4 is 11.4 Å². The van der Waals surface area contributed by atoms with Crippen LogP contribution in [0.4, 0.5) is 0 Å². The third-order valence-electron chi connectivity index (χ3n) is 6.79. The molecule has 0 spiro atoms. The van der Waals surface area contributed by atoms with Crippen molar-refractivity contribution in [2.75, 3.05) is 13.1 Å². The molecule has 0 saturated carbocycles. The SMILES string of the molecule is Cc1ccc(-c2ncc3c(=O)n(CC4(O)CCN(C(=O)C[C@@H](C)n5cccn5)CC4)cnn23)cc1. The molecule has 4 aromatic rings. The van der Waals surface area contributed by atoms with Gasteiger partial charge in [0.25, 0.3) is 5.56 Å². The number of piperidine rings is 1. The minimum absolute atomic E-state index is 0.0323.